The molecule has 4 N–H and O–H groups in total. The van der Waals surface area contributed by atoms with E-state index in [0.717, 1.165) is 23.2 Å². The number of hydrogen-bond acceptors (Lipinski definition) is 4. The summed E-state index contributed by atoms with van der Waals surface area (Å²) in [6.45, 7) is 4.99. The third kappa shape index (κ3) is 5.11. The monoisotopic (exact) mass is 422 g/mol. The molecule has 168 valence electrons. The van der Waals surface area contributed by atoms with Crippen LogP contribution in [0.15, 0.2) is 48.5 Å². The van der Waals surface area contributed by atoms with Gasteiger partial charge in [-0.05, 0) is 92.9 Å². The SMILES string of the molecule is CC(C)(C1CCC(Nc2ccccc2O)CC1)C1CCC(Nc2ccccc2O)CC1. The summed E-state index contributed by atoms with van der Waals surface area (Å²) in [4.78, 5) is 0. The number of para-hydroxylation sites is 4. The molecule has 0 aliphatic heterocycles. The van der Waals surface area contributed by atoms with Gasteiger partial charge >= 0.3 is 0 Å². The number of phenols is 2. The molecule has 0 aromatic heterocycles. The lowest BCUT2D eigenvalue weighted by atomic mass is 9.60. The molecule has 31 heavy (non-hydrogen) atoms. The van der Waals surface area contributed by atoms with E-state index < -0.39 is 0 Å². The molecule has 0 saturated heterocycles. The number of anilines is 2. The summed E-state index contributed by atoms with van der Waals surface area (Å²) in [5.41, 5.74) is 2.08. The highest BCUT2D eigenvalue weighted by molar-refractivity contribution is 5.56. The average Bonchev–Trinajstić information content (AvgIpc) is 2.78. The van der Waals surface area contributed by atoms with E-state index in [0.29, 0.717) is 29.0 Å². The summed E-state index contributed by atoms with van der Waals surface area (Å²) in [5, 5.41) is 27.2. The minimum absolute atomic E-state index is 0.346. The van der Waals surface area contributed by atoms with Gasteiger partial charge in [-0.1, -0.05) is 38.1 Å². The molecule has 2 aromatic rings. The van der Waals surface area contributed by atoms with Crippen LogP contribution in [-0.4, -0.2) is 22.3 Å². The normalized spacial score (nSPS) is 26.9. The standard InChI is InChI=1S/C27H38N2O2/c1-27(2,19-11-15-21(16-12-19)28-23-7-3-5-9-25(23)30)20-13-17-22(18-14-20)29-24-8-4-6-10-26(24)31/h3-10,19-22,28-31H,11-18H2,1-2H3. The van der Waals surface area contributed by atoms with Crippen molar-refractivity contribution in [2.75, 3.05) is 10.6 Å². The highest BCUT2D eigenvalue weighted by atomic mass is 16.3. The molecular formula is C27H38N2O2. The molecule has 0 amide bonds. The second-order valence-corrected chi connectivity index (χ2v) is 10.2. The Bertz CT molecular complexity index is 780. The molecule has 2 aliphatic carbocycles. The molecule has 0 bridgehead atoms. The zero-order chi connectivity index (χ0) is 21.8. The molecule has 4 rings (SSSR count). The molecule has 2 saturated carbocycles. The Morgan fingerprint density at radius 2 is 0.968 bits per heavy atom. The van der Waals surface area contributed by atoms with E-state index in [9.17, 15) is 10.2 Å². The fraction of sp³-hybridized carbons (Fsp3) is 0.556. The Kier molecular flexibility index (Phi) is 6.64. The molecule has 0 radical (unpaired) electrons. The second kappa shape index (κ2) is 9.42. The largest absolute Gasteiger partial charge is 0.506 e. The fourth-order valence-electron chi connectivity index (χ4n) is 5.93. The summed E-state index contributed by atoms with van der Waals surface area (Å²) in [5.74, 6) is 2.23. The Hall–Kier alpha value is -2.36. The number of benzene rings is 2. The predicted octanol–water partition coefficient (Wildman–Crippen LogP) is 6.77. The van der Waals surface area contributed by atoms with E-state index in [1.807, 2.05) is 36.4 Å². The van der Waals surface area contributed by atoms with E-state index in [1.165, 1.54) is 51.4 Å². The van der Waals surface area contributed by atoms with Crippen molar-refractivity contribution in [1.82, 2.24) is 0 Å². The Balaban J connectivity index is 1.27. The number of phenolic OH excluding ortho intramolecular Hbond substituents is 2. The van der Waals surface area contributed by atoms with Gasteiger partial charge in [-0.2, -0.15) is 0 Å². The lowest BCUT2D eigenvalue weighted by molar-refractivity contribution is 0.0547. The first-order chi connectivity index (χ1) is 14.9. The lowest BCUT2D eigenvalue weighted by Gasteiger charge is -2.47. The lowest BCUT2D eigenvalue weighted by Crippen LogP contribution is -2.40. The van der Waals surface area contributed by atoms with Crippen molar-refractivity contribution in [2.45, 2.75) is 77.3 Å². The third-order valence-electron chi connectivity index (χ3n) is 8.09. The summed E-state index contributed by atoms with van der Waals surface area (Å²) in [6.07, 6.45) is 9.73. The number of aromatic hydroxyl groups is 2. The molecule has 2 aliphatic rings. The maximum atomic E-state index is 10.0. The molecule has 2 aromatic carbocycles. The average molecular weight is 423 g/mol. The van der Waals surface area contributed by atoms with E-state index in [2.05, 4.69) is 24.5 Å². The van der Waals surface area contributed by atoms with Gasteiger partial charge in [0.1, 0.15) is 11.5 Å². The first-order valence-corrected chi connectivity index (χ1v) is 12.0. The smallest absolute Gasteiger partial charge is 0.138 e. The van der Waals surface area contributed by atoms with Gasteiger partial charge in [-0.15, -0.1) is 0 Å². The Morgan fingerprint density at radius 3 is 1.32 bits per heavy atom. The van der Waals surface area contributed by atoms with Gasteiger partial charge < -0.3 is 20.8 Å². The fourth-order valence-corrected chi connectivity index (χ4v) is 5.93. The van der Waals surface area contributed by atoms with Gasteiger partial charge in [-0.25, -0.2) is 0 Å². The van der Waals surface area contributed by atoms with Crippen molar-refractivity contribution in [3.8, 4) is 11.5 Å². The van der Waals surface area contributed by atoms with Gasteiger partial charge in [0.15, 0.2) is 0 Å². The topological polar surface area (TPSA) is 64.5 Å². The molecule has 0 spiro atoms. The van der Waals surface area contributed by atoms with Crippen LogP contribution in [0.4, 0.5) is 11.4 Å². The van der Waals surface area contributed by atoms with Crippen LogP contribution < -0.4 is 10.6 Å². The van der Waals surface area contributed by atoms with Gasteiger partial charge in [0.25, 0.3) is 0 Å². The summed E-state index contributed by atoms with van der Waals surface area (Å²) in [7, 11) is 0. The maximum Gasteiger partial charge on any atom is 0.138 e. The number of hydrogen-bond donors (Lipinski definition) is 4. The van der Waals surface area contributed by atoms with Crippen molar-refractivity contribution in [2.24, 2.45) is 17.3 Å². The molecule has 0 atom stereocenters. The molecule has 2 fully saturated rings. The maximum absolute atomic E-state index is 10.0. The van der Waals surface area contributed by atoms with Crippen LogP contribution in [0.3, 0.4) is 0 Å². The summed E-state index contributed by atoms with van der Waals surface area (Å²) in [6, 6.07) is 16.0. The predicted molar refractivity (Wildman–Crippen MR) is 129 cm³/mol. The first-order valence-electron chi connectivity index (χ1n) is 12.0. The Morgan fingerprint density at radius 1 is 0.613 bits per heavy atom. The van der Waals surface area contributed by atoms with Crippen LogP contribution in [-0.2, 0) is 0 Å². The molecular weight excluding hydrogens is 384 g/mol. The van der Waals surface area contributed by atoms with Crippen molar-refractivity contribution in [3.63, 3.8) is 0 Å². The van der Waals surface area contributed by atoms with Crippen molar-refractivity contribution < 1.29 is 10.2 Å². The first kappa shape index (κ1) is 21.9. The molecule has 0 heterocycles. The van der Waals surface area contributed by atoms with Gasteiger partial charge in [0.2, 0.25) is 0 Å². The van der Waals surface area contributed by atoms with Gasteiger partial charge in [0, 0.05) is 12.1 Å². The number of nitrogens with one attached hydrogen (secondary N) is 2. The van der Waals surface area contributed by atoms with Crippen molar-refractivity contribution in [3.05, 3.63) is 48.5 Å². The van der Waals surface area contributed by atoms with Crippen LogP contribution in [0.2, 0.25) is 0 Å². The van der Waals surface area contributed by atoms with Crippen molar-refractivity contribution in [1.29, 1.82) is 0 Å². The molecule has 4 nitrogen and oxygen atoms in total. The van der Waals surface area contributed by atoms with Crippen LogP contribution in [0.1, 0.15) is 65.2 Å². The van der Waals surface area contributed by atoms with E-state index in [-0.39, 0.29) is 0 Å². The minimum Gasteiger partial charge on any atom is -0.506 e. The van der Waals surface area contributed by atoms with Crippen LogP contribution >= 0.6 is 0 Å². The zero-order valence-corrected chi connectivity index (χ0v) is 19.0. The Labute approximate surface area is 187 Å². The van der Waals surface area contributed by atoms with E-state index in [4.69, 9.17) is 0 Å². The van der Waals surface area contributed by atoms with E-state index >= 15 is 0 Å². The van der Waals surface area contributed by atoms with Crippen molar-refractivity contribution >= 4 is 11.4 Å². The number of rotatable bonds is 6. The minimum atomic E-state index is 0.346. The molecule has 0 unspecified atom stereocenters. The highest BCUT2D eigenvalue weighted by Crippen LogP contribution is 2.49. The highest BCUT2D eigenvalue weighted by Gasteiger charge is 2.40. The van der Waals surface area contributed by atoms with Gasteiger partial charge in [-0.3, -0.25) is 0 Å². The second-order valence-electron chi connectivity index (χ2n) is 10.2. The van der Waals surface area contributed by atoms with Crippen LogP contribution in [0.5, 0.6) is 11.5 Å². The van der Waals surface area contributed by atoms with Crippen LogP contribution in [0, 0.1) is 17.3 Å². The van der Waals surface area contributed by atoms with Gasteiger partial charge in [0.05, 0.1) is 11.4 Å². The zero-order valence-electron chi connectivity index (χ0n) is 19.0. The quantitative estimate of drug-likeness (QED) is 0.388. The van der Waals surface area contributed by atoms with Crippen LogP contribution in [0.25, 0.3) is 0 Å². The third-order valence-corrected chi connectivity index (χ3v) is 8.09. The molecule has 4 heteroatoms. The summed E-state index contributed by atoms with van der Waals surface area (Å²) >= 11 is 0. The summed E-state index contributed by atoms with van der Waals surface area (Å²) < 4.78 is 0. The van der Waals surface area contributed by atoms with E-state index in [1.54, 1.807) is 12.1 Å².